The molecule has 29 heavy (non-hydrogen) atoms. The van der Waals surface area contributed by atoms with Gasteiger partial charge in [0.2, 0.25) is 10.0 Å². The molecule has 10 heteroatoms. The average molecular weight is 415 g/mol. The number of nitrogens with two attached hydrogens (primary N) is 1. The van der Waals surface area contributed by atoms with Gasteiger partial charge in [0.05, 0.1) is 12.5 Å². The molecule has 1 aliphatic rings. The Kier molecular flexibility index (Phi) is 5.72. The van der Waals surface area contributed by atoms with Crippen molar-refractivity contribution in [1.29, 1.82) is 5.26 Å². The van der Waals surface area contributed by atoms with Gasteiger partial charge < -0.3 is 15.2 Å². The smallest absolute Gasteiger partial charge is 0.265 e. The van der Waals surface area contributed by atoms with Crippen LogP contribution in [-0.4, -0.2) is 60.2 Å². The monoisotopic (exact) mass is 415 g/mol. The molecule has 0 aliphatic carbocycles. The van der Waals surface area contributed by atoms with Gasteiger partial charge in [0.25, 0.3) is 11.8 Å². The van der Waals surface area contributed by atoms with Gasteiger partial charge in [-0.05, 0) is 23.8 Å². The molecule has 1 aliphatic heterocycles. The Morgan fingerprint density at radius 1 is 1.17 bits per heavy atom. The molecule has 1 aromatic heterocycles. The van der Waals surface area contributed by atoms with Crippen LogP contribution in [0.1, 0.15) is 26.4 Å². The zero-order valence-electron chi connectivity index (χ0n) is 15.9. The van der Waals surface area contributed by atoms with Crippen molar-refractivity contribution in [3.63, 3.8) is 0 Å². The van der Waals surface area contributed by atoms with Crippen molar-refractivity contribution in [2.75, 3.05) is 26.2 Å². The minimum absolute atomic E-state index is 0.00205. The van der Waals surface area contributed by atoms with Crippen molar-refractivity contribution >= 4 is 21.8 Å². The molecule has 0 bridgehead atoms. The number of aryl methyl sites for hydroxylation is 1. The number of piperazine rings is 1. The number of benzene rings is 1. The van der Waals surface area contributed by atoms with E-state index >= 15 is 0 Å². The largest absolute Gasteiger partial charge is 0.364 e. The number of primary amides is 1. The van der Waals surface area contributed by atoms with Crippen LogP contribution in [0.5, 0.6) is 0 Å². The maximum Gasteiger partial charge on any atom is 0.265 e. The summed E-state index contributed by atoms with van der Waals surface area (Å²) < 4.78 is 28.4. The fourth-order valence-electron chi connectivity index (χ4n) is 3.29. The van der Waals surface area contributed by atoms with Gasteiger partial charge in [-0.25, -0.2) is 8.42 Å². The van der Waals surface area contributed by atoms with Gasteiger partial charge >= 0.3 is 0 Å². The van der Waals surface area contributed by atoms with Gasteiger partial charge in [-0.3, -0.25) is 9.59 Å². The first-order valence-electron chi connectivity index (χ1n) is 8.95. The van der Waals surface area contributed by atoms with Crippen molar-refractivity contribution in [3.05, 3.63) is 53.3 Å². The van der Waals surface area contributed by atoms with Crippen molar-refractivity contribution < 1.29 is 18.0 Å². The lowest BCUT2D eigenvalue weighted by Gasteiger charge is -2.33. The Hall–Kier alpha value is -3.16. The maximum atomic E-state index is 12.9. The molecule has 152 valence electrons. The highest BCUT2D eigenvalue weighted by molar-refractivity contribution is 7.89. The van der Waals surface area contributed by atoms with Crippen molar-refractivity contribution in [3.8, 4) is 6.07 Å². The molecule has 2 amide bonds. The predicted octanol–water partition coefficient (Wildman–Crippen LogP) is 0.337. The van der Waals surface area contributed by atoms with Crippen molar-refractivity contribution in [2.24, 2.45) is 12.8 Å². The van der Waals surface area contributed by atoms with E-state index in [0.29, 0.717) is 5.56 Å². The summed E-state index contributed by atoms with van der Waals surface area (Å²) in [7, 11) is -2.24. The van der Waals surface area contributed by atoms with E-state index in [1.165, 1.54) is 21.1 Å². The summed E-state index contributed by atoms with van der Waals surface area (Å²) in [6, 6.07) is 10.2. The highest BCUT2D eigenvalue weighted by Gasteiger charge is 2.31. The van der Waals surface area contributed by atoms with Crippen LogP contribution >= 0.6 is 0 Å². The topological polar surface area (TPSA) is 130 Å². The van der Waals surface area contributed by atoms with Crippen LogP contribution in [0.15, 0.2) is 41.4 Å². The quantitative estimate of drug-likeness (QED) is 0.753. The molecule has 3 rings (SSSR count). The molecule has 2 N–H and O–H groups in total. The second-order valence-corrected chi connectivity index (χ2v) is 8.71. The SMILES string of the molecule is Cn1cc(S(=O)(=O)N2CCN(C(=O)c3cccc(CC#N)c3)CC2)cc1C(N)=O. The Labute approximate surface area is 169 Å². The summed E-state index contributed by atoms with van der Waals surface area (Å²) in [6.45, 7) is 0.783. The lowest BCUT2D eigenvalue weighted by Crippen LogP contribution is -2.50. The number of carbonyl (C=O) groups excluding carboxylic acids is 2. The highest BCUT2D eigenvalue weighted by atomic mass is 32.2. The highest BCUT2D eigenvalue weighted by Crippen LogP contribution is 2.21. The molecule has 0 spiro atoms. The van der Waals surface area contributed by atoms with E-state index in [4.69, 9.17) is 11.0 Å². The van der Waals surface area contributed by atoms with Crippen LogP contribution in [0.25, 0.3) is 0 Å². The van der Waals surface area contributed by atoms with Crippen molar-refractivity contribution in [2.45, 2.75) is 11.3 Å². The first-order valence-corrected chi connectivity index (χ1v) is 10.4. The lowest BCUT2D eigenvalue weighted by atomic mass is 10.1. The molecule has 2 aromatic rings. The normalized spacial score (nSPS) is 15.1. The van der Waals surface area contributed by atoms with E-state index in [-0.39, 0.29) is 49.1 Å². The fraction of sp³-hybridized carbons (Fsp3) is 0.316. The number of sulfonamides is 1. The Morgan fingerprint density at radius 3 is 2.45 bits per heavy atom. The molecule has 2 heterocycles. The van der Waals surface area contributed by atoms with Crippen LogP contribution in [0.4, 0.5) is 0 Å². The lowest BCUT2D eigenvalue weighted by molar-refractivity contribution is 0.0697. The second-order valence-electron chi connectivity index (χ2n) is 6.77. The third-order valence-electron chi connectivity index (χ3n) is 4.85. The molecule has 0 atom stereocenters. The standard InChI is InChI=1S/C19H21N5O4S/c1-22-13-16(12-17(22)18(21)25)29(27,28)24-9-7-23(8-10-24)19(26)15-4-2-3-14(11-15)5-6-20/h2-4,11-13H,5,7-10H2,1H3,(H2,21,25). The van der Waals surface area contributed by atoms with E-state index in [9.17, 15) is 18.0 Å². The molecule has 1 fully saturated rings. The summed E-state index contributed by atoms with van der Waals surface area (Å²) in [5, 5.41) is 8.81. The van der Waals surface area contributed by atoms with Gasteiger partial charge in [-0.1, -0.05) is 12.1 Å². The molecular weight excluding hydrogens is 394 g/mol. The van der Waals surface area contributed by atoms with Gasteiger partial charge in [-0.15, -0.1) is 0 Å². The van der Waals surface area contributed by atoms with Crippen LogP contribution in [0, 0.1) is 11.3 Å². The fourth-order valence-corrected chi connectivity index (χ4v) is 4.78. The van der Waals surface area contributed by atoms with Crippen LogP contribution < -0.4 is 5.73 Å². The van der Waals surface area contributed by atoms with Gasteiger partial charge in [0.15, 0.2) is 0 Å². The number of nitriles is 1. The van der Waals surface area contributed by atoms with Gasteiger partial charge in [-0.2, -0.15) is 9.57 Å². The predicted molar refractivity (Wildman–Crippen MR) is 104 cm³/mol. The number of amides is 2. The Balaban J connectivity index is 1.70. The minimum atomic E-state index is -3.79. The summed E-state index contributed by atoms with van der Waals surface area (Å²) in [5.74, 6) is -0.902. The Bertz CT molecular complexity index is 1090. The Morgan fingerprint density at radius 2 is 1.86 bits per heavy atom. The maximum absolute atomic E-state index is 12.9. The minimum Gasteiger partial charge on any atom is -0.364 e. The third kappa shape index (κ3) is 4.16. The molecule has 0 saturated carbocycles. The van der Waals surface area contributed by atoms with Crippen LogP contribution in [0.2, 0.25) is 0 Å². The van der Waals surface area contributed by atoms with E-state index in [0.717, 1.165) is 5.56 Å². The molecule has 1 saturated heterocycles. The molecular formula is C19H21N5O4S. The molecule has 9 nitrogen and oxygen atoms in total. The second kappa shape index (κ2) is 8.06. The number of hydrogen-bond donors (Lipinski definition) is 1. The first kappa shape index (κ1) is 20.6. The molecule has 0 radical (unpaired) electrons. The number of carbonyl (C=O) groups is 2. The third-order valence-corrected chi connectivity index (χ3v) is 6.72. The first-order chi connectivity index (χ1) is 13.7. The van der Waals surface area contributed by atoms with E-state index < -0.39 is 15.9 Å². The molecule has 0 unspecified atom stereocenters. The summed E-state index contributed by atoms with van der Waals surface area (Å²) in [5.41, 5.74) is 6.60. The number of rotatable bonds is 5. The van der Waals surface area contributed by atoms with Crippen LogP contribution in [-0.2, 0) is 23.5 Å². The molecule has 1 aromatic carbocycles. The number of hydrogen-bond acceptors (Lipinski definition) is 5. The van der Waals surface area contributed by atoms with Gasteiger partial charge in [0, 0.05) is 45.0 Å². The van der Waals surface area contributed by atoms with Crippen LogP contribution in [0.3, 0.4) is 0 Å². The number of nitrogens with zero attached hydrogens (tertiary/aromatic N) is 4. The summed E-state index contributed by atoms with van der Waals surface area (Å²) in [6.07, 6.45) is 1.57. The van der Waals surface area contributed by atoms with Crippen molar-refractivity contribution in [1.82, 2.24) is 13.8 Å². The van der Waals surface area contributed by atoms with E-state index in [1.807, 2.05) is 0 Å². The summed E-state index contributed by atoms with van der Waals surface area (Å²) >= 11 is 0. The average Bonchev–Trinajstić information content (AvgIpc) is 3.11. The van der Waals surface area contributed by atoms with E-state index in [1.54, 1.807) is 36.2 Å². The zero-order chi connectivity index (χ0) is 21.2. The summed E-state index contributed by atoms with van der Waals surface area (Å²) in [4.78, 5) is 25.7. The van der Waals surface area contributed by atoms with Gasteiger partial charge in [0.1, 0.15) is 10.6 Å². The number of aromatic nitrogens is 1. The van der Waals surface area contributed by atoms with E-state index in [2.05, 4.69) is 6.07 Å². The zero-order valence-corrected chi connectivity index (χ0v) is 16.7.